The Kier molecular flexibility index (Phi) is 15.0. The lowest BCUT2D eigenvalue weighted by atomic mass is 9.58. The van der Waals surface area contributed by atoms with Crippen LogP contribution in [-0.2, 0) is 22.0 Å². The molecule has 10 aromatic carbocycles. The van der Waals surface area contributed by atoms with Crippen LogP contribution in [0.25, 0.3) is 56.0 Å². The summed E-state index contributed by atoms with van der Waals surface area (Å²) in [5.41, 5.74) is 17.0. The molecule has 0 bridgehead atoms. The van der Waals surface area contributed by atoms with Gasteiger partial charge in [-0.25, -0.2) is 0 Å². The van der Waals surface area contributed by atoms with E-state index in [9.17, 15) is 0 Å². The molecule has 4 nitrogen and oxygen atoms in total. The molecule has 2 aliphatic heterocycles. The Morgan fingerprint density at radius 2 is 0.699 bits per heavy atom. The molecule has 468 valence electrons. The first-order valence-corrected chi connectivity index (χ1v) is 35.9. The summed E-state index contributed by atoms with van der Waals surface area (Å²) >= 11 is 1.78. The monoisotopic (exact) mass is 1240 g/mol. The predicted molar refractivity (Wildman–Crippen MR) is 386 cm³/mol. The highest BCUT2D eigenvalue weighted by Crippen LogP contribution is 2.67. The zero-order chi connectivity index (χ0) is 63.2. The summed E-state index contributed by atoms with van der Waals surface area (Å²) in [6.45, 7) is 15.3. The second kappa shape index (κ2) is 23.3. The Labute approximate surface area is 555 Å². The Bertz CT molecular complexity index is 4250. The lowest BCUT2D eigenvalue weighted by Crippen LogP contribution is -2.38. The summed E-state index contributed by atoms with van der Waals surface area (Å²) in [6, 6.07) is 72.3. The number of benzene rings is 10. The van der Waals surface area contributed by atoms with Crippen LogP contribution < -0.4 is 18.9 Å². The predicted octanol–water partition coefficient (Wildman–Crippen LogP) is 23.7. The van der Waals surface area contributed by atoms with E-state index in [0.717, 1.165) is 104 Å². The molecule has 5 heteroatoms. The van der Waals surface area contributed by atoms with Gasteiger partial charge in [-0.2, -0.15) is 0 Å². The molecule has 0 saturated heterocycles. The highest BCUT2D eigenvalue weighted by atomic mass is 32.2. The molecule has 2 saturated carbocycles. The molecule has 0 N–H and O–H groups in total. The fraction of sp³-hybridized carbons (Fsp3) is 0.318. The Morgan fingerprint density at radius 3 is 1.05 bits per heavy atom. The van der Waals surface area contributed by atoms with Gasteiger partial charge in [0.25, 0.3) is 0 Å². The van der Waals surface area contributed by atoms with E-state index in [1.54, 1.807) is 11.8 Å². The SMILES string of the molecule is CCCOc1ccc(C2(c3ccc(Sc4ccc(C5(c6ccc(OCCC)cc6)C=Cc6c7c(c8ccccc8c6O5)-c5ccccc5C75CCC(CC)(CC)CC5)cc4)cc3)C=Cc3c4c(c5ccccc5c3O2)-c2ccccc2C42CCC(CC)(CC)CC2)cc1. The first kappa shape index (κ1) is 59.7. The van der Waals surface area contributed by atoms with Crippen molar-refractivity contribution in [2.45, 2.75) is 163 Å². The van der Waals surface area contributed by atoms with Crippen LogP contribution in [0, 0.1) is 10.8 Å². The van der Waals surface area contributed by atoms with Crippen LogP contribution in [0.1, 0.15) is 187 Å². The van der Waals surface area contributed by atoms with Gasteiger partial charge in [0.1, 0.15) is 23.0 Å². The highest BCUT2D eigenvalue weighted by molar-refractivity contribution is 7.99. The van der Waals surface area contributed by atoms with Gasteiger partial charge >= 0.3 is 0 Å². The number of fused-ring (bicyclic) bond motifs is 20. The maximum absolute atomic E-state index is 7.93. The first-order valence-electron chi connectivity index (χ1n) is 35.1. The third-order valence-electron chi connectivity index (χ3n) is 23.9. The van der Waals surface area contributed by atoms with Crippen LogP contribution in [0.2, 0.25) is 0 Å². The fourth-order valence-corrected chi connectivity index (χ4v) is 19.1. The molecular weight excluding hydrogens is 1150 g/mol. The van der Waals surface area contributed by atoms with Gasteiger partial charge in [0.2, 0.25) is 0 Å². The second-order valence-electron chi connectivity index (χ2n) is 28.0. The summed E-state index contributed by atoms with van der Waals surface area (Å²) in [7, 11) is 0. The minimum atomic E-state index is -0.925. The van der Waals surface area contributed by atoms with Crippen LogP contribution in [0.3, 0.4) is 0 Å². The molecule has 93 heavy (non-hydrogen) atoms. The number of rotatable bonds is 16. The van der Waals surface area contributed by atoms with Crippen molar-refractivity contribution in [2.75, 3.05) is 13.2 Å². The largest absolute Gasteiger partial charge is 0.494 e. The average Bonchev–Trinajstić information content (AvgIpc) is 1.58. The third-order valence-corrected chi connectivity index (χ3v) is 24.9. The molecule has 0 amide bonds. The minimum Gasteiger partial charge on any atom is -0.494 e. The normalized spacial score (nSPS) is 20.3. The number of ether oxygens (including phenoxy) is 4. The van der Waals surface area contributed by atoms with Crippen LogP contribution >= 0.6 is 11.8 Å². The van der Waals surface area contributed by atoms with Gasteiger partial charge in [0.15, 0.2) is 11.2 Å². The van der Waals surface area contributed by atoms with Crippen LogP contribution in [0.4, 0.5) is 0 Å². The molecule has 6 aliphatic rings. The molecule has 0 radical (unpaired) electrons. The van der Waals surface area contributed by atoms with E-state index < -0.39 is 11.2 Å². The molecule has 2 unspecified atom stereocenters. The Morgan fingerprint density at radius 1 is 0.366 bits per heavy atom. The fourth-order valence-electron chi connectivity index (χ4n) is 18.3. The van der Waals surface area contributed by atoms with E-state index in [1.165, 1.54) is 118 Å². The van der Waals surface area contributed by atoms with E-state index in [0.29, 0.717) is 24.0 Å². The van der Waals surface area contributed by atoms with Crippen LogP contribution in [-0.4, -0.2) is 13.2 Å². The zero-order valence-electron chi connectivity index (χ0n) is 55.1. The molecule has 2 spiro atoms. The van der Waals surface area contributed by atoms with Crippen molar-refractivity contribution in [1.82, 2.24) is 0 Å². The van der Waals surface area contributed by atoms with E-state index in [2.05, 4.69) is 260 Å². The molecule has 2 atom stereocenters. The van der Waals surface area contributed by atoms with Gasteiger partial charge in [0.05, 0.1) is 13.2 Å². The second-order valence-corrected chi connectivity index (χ2v) is 29.1. The smallest absolute Gasteiger partial charge is 0.178 e. The van der Waals surface area contributed by atoms with E-state index in [1.807, 2.05) is 0 Å². The minimum absolute atomic E-state index is 0.0871. The van der Waals surface area contributed by atoms with E-state index in [4.69, 9.17) is 18.9 Å². The van der Waals surface area contributed by atoms with E-state index >= 15 is 0 Å². The molecule has 2 fully saturated rings. The van der Waals surface area contributed by atoms with Crippen molar-refractivity contribution in [2.24, 2.45) is 10.8 Å². The molecule has 4 aliphatic carbocycles. The van der Waals surface area contributed by atoms with Crippen LogP contribution in [0.15, 0.2) is 216 Å². The van der Waals surface area contributed by atoms with Gasteiger partial charge in [-0.1, -0.05) is 237 Å². The van der Waals surface area contributed by atoms with Crippen molar-refractivity contribution < 1.29 is 18.9 Å². The Balaban J connectivity index is 0.765. The standard InChI is InChI=1S/C88H86O4S/c1-7-57-89-63-37-29-59(30-38-63)87(47-45-73-79-77(67-21-13-15-23-69(67)81(73)91-87)71-25-17-19-27-75(71)85(79)53-49-83(9-3,10-4)50-54-85)61-33-41-65(42-34-61)93-66-43-35-62(36-44-66)88(60-31-39-64(40-32-60)90-58-8-2)48-46-74-80-78(68-22-14-16-24-70(68)82(74)92-88)72-26-18-20-28-76(72)86(80)55-51-84(11-5,12-6)52-56-86/h13-48H,7-12,49-58H2,1-6H3. The molecular formula is C88H86O4S. The average molecular weight is 1240 g/mol. The van der Waals surface area contributed by atoms with Crippen molar-refractivity contribution in [3.05, 3.63) is 262 Å². The molecule has 0 aromatic heterocycles. The molecule has 16 rings (SSSR count). The van der Waals surface area contributed by atoms with Gasteiger partial charge in [0, 0.05) is 64.8 Å². The maximum atomic E-state index is 7.93. The lowest BCUT2D eigenvalue weighted by molar-refractivity contribution is 0.132. The quantitative estimate of drug-likeness (QED) is 0.0964. The lowest BCUT2D eigenvalue weighted by Gasteiger charge is -2.47. The van der Waals surface area contributed by atoms with Crippen LogP contribution in [0.5, 0.6) is 23.0 Å². The number of hydrogen-bond donors (Lipinski definition) is 0. The van der Waals surface area contributed by atoms with Crippen molar-refractivity contribution in [3.63, 3.8) is 0 Å². The topological polar surface area (TPSA) is 36.9 Å². The molecule has 2 heterocycles. The first-order chi connectivity index (χ1) is 45.6. The number of hydrogen-bond acceptors (Lipinski definition) is 5. The van der Waals surface area contributed by atoms with Gasteiger partial charge in [-0.05, 0) is 191 Å². The summed E-state index contributed by atoms with van der Waals surface area (Å²) in [5.74, 6) is 3.67. The van der Waals surface area contributed by atoms with Gasteiger partial charge in [-0.3, -0.25) is 0 Å². The summed E-state index contributed by atoms with van der Waals surface area (Å²) in [5, 5.41) is 4.85. The van der Waals surface area contributed by atoms with Crippen molar-refractivity contribution >= 4 is 45.5 Å². The summed E-state index contributed by atoms with van der Waals surface area (Å²) < 4.78 is 28.3. The maximum Gasteiger partial charge on any atom is 0.178 e. The van der Waals surface area contributed by atoms with Crippen molar-refractivity contribution in [1.29, 1.82) is 0 Å². The van der Waals surface area contributed by atoms with Gasteiger partial charge < -0.3 is 18.9 Å². The summed E-state index contributed by atoms with van der Waals surface area (Å²) in [4.78, 5) is 2.29. The van der Waals surface area contributed by atoms with Gasteiger partial charge in [-0.15, -0.1) is 0 Å². The Hall–Kier alpha value is -8.25. The molecule has 10 aromatic rings. The zero-order valence-corrected chi connectivity index (χ0v) is 56.0. The van der Waals surface area contributed by atoms with Crippen molar-refractivity contribution in [3.8, 4) is 45.3 Å². The van der Waals surface area contributed by atoms with E-state index in [-0.39, 0.29) is 10.8 Å². The third kappa shape index (κ3) is 9.27. The summed E-state index contributed by atoms with van der Waals surface area (Å²) in [6.07, 6.45) is 25.9. The highest BCUT2D eigenvalue weighted by Gasteiger charge is 2.54.